The van der Waals surface area contributed by atoms with Crippen LogP contribution < -0.4 is 5.32 Å². The molecule has 0 amide bonds. The summed E-state index contributed by atoms with van der Waals surface area (Å²) in [7, 11) is 1.98. The summed E-state index contributed by atoms with van der Waals surface area (Å²) in [5.41, 5.74) is 0.704. The number of aromatic nitrogens is 2. The highest BCUT2D eigenvalue weighted by molar-refractivity contribution is 9.10. The summed E-state index contributed by atoms with van der Waals surface area (Å²) >= 11 is 3.25. The fourth-order valence-corrected chi connectivity index (χ4v) is 2.70. The lowest BCUT2D eigenvalue weighted by molar-refractivity contribution is 0.477. The third-order valence-corrected chi connectivity index (χ3v) is 4.00. The van der Waals surface area contributed by atoms with Crippen LogP contribution in [0.3, 0.4) is 0 Å². The van der Waals surface area contributed by atoms with Gasteiger partial charge in [0.25, 0.3) is 0 Å². The zero-order valence-corrected chi connectivity index (χ0v) is 13.3. The third kappa shape index (κ3) is 3.46. The Bertz CT molecular complexity index is 568. The molecule has 3 nitrogen and oxygen atoms in total. The number of nitrogens with zero attached hydrogens (tertiary/aromatic N) is 2. The standard InChI is InChI=1S/C15H19BrFN3/c1-3-18-13(7-8-14-19-9-10-20(14)2)11-5-4-6-12(16)15(11)17/h4-6,9-10,13,18H,3,7-8H2,1-2H3. The molecule has 5 heteroatoms. The van der Waals surface area contributed by atoms with Crippen LogP contribution in [0.1, 0.15) is 30.8 Å². The number of hydrogen-bond acceptors (Lipinski definition) is 2. The zero-order chi connectivity index (χ0) is 14.5. The zero-order valence-electron chi connectivity index (χ0n) is 11.7. The molecule has 1 heterocycles. The van der Waals surface area contributed by atoms with E-state index in [2.05, 4.69) is 26.2 Å². The maximum Gasteiger partial charge on any atom is 0.142 e. The van der Waals surface area contributed by atoms with Crippen LogP contribution in [0.5, 0.6) is 0 Å². The van der Waals surface area contributed by atoms with Crippen molar-refractivity contribution in [2.45, 2.75) is 25.8 Å². The van der Waals surface area contributed by atoms with Crippen molar-refractivity contribution in [3.8, 4) is 0 Å². The highest BCUT2D eigenvalue weighted by Gasteiger charge is 2.17. The summed E-state index contributed by atoms with van der Waals surface area (Å²) in [6.07, 6.45) is 5.34. The van der Waals surface area contributed by atoms with Gasteiger partial charge in [0.05, 0.1) is 4.47 Å². The molecule has 1 unspecified atom stereocenters. The van der Waals surface area contributed by atoms with Crippen LogP contribution in [-0.4, -0.2) is 16.1 Å². The number of rotatable bonds is 6. The number of hydrogen-bond donors (Lipinski definition) is 1. The van der Waals surface area contributed by atoms with Crippen molar-refractivity contribution in [1.29, 1.82) is 0 Å². The van der Waals surface area contributed by atoms with E-state index in [-0.39, 0.29) is 11.9 Å². The Balaban J connectivity index is 2.14. The molecule has 108 valence electrons. The average Bonchev–Trinajstić information content (AvgIpc) is 2.84. The molecule has 0 saturated heterocycles. The molecule has 0 aliphatic heterocycles. The monoisotopic (exact) mass is 339 g/mol. The van der Waals surface area contributed by atoms with E-state index >= 15 is 0 Å². The van der Waals surface area contributed by atoms with Gasteiger partial charge in [0.2, 0.25) is 0 Å². The van der Waals surface area contributed by atoms with Gasteiger partial charge < -0.3 is 9.88 Å². The molecule has 0 spiro atoms. The summed E-state index contributed by atoms with van der Waals surface area (Å²) < 4.78 is 16.7. The van der Waals surface area contributed by atoms with Crippen LogP contribution in [0.2, 0.25) is 0 Å². The highest BCUT2D eigenvalue weighted by Crippen LogP contribution is 2.26. The predicted octanol–water partition coefficient (Wildman–Crippen LogP) is 3.61. The van der Waals surface area contributed by atoms with E-state index in [0.29, 0.717) is 10.0 Å². The van der Waals surface area contributed by atoms with Gasteiger partial charge in [-0.05, 0) is 35.0 Å². The first kappa shape index (κ1) is 15.2. The molecule has 2 aromatic rings. The van der Waals surface area contributed by atoms with Gasteiger partial charge in [0, 0.05) is 37.5 Å². The largest absolute Gasteiger partial charge is 0.338 e. The number of halogens is 2. The Hall–Kier alpha value is -1.20. The Morgan fingerprint density at radius 1 is 1.45 bits per heavy atom. The van der Waals surface area contributed by atoms with E-state index < -0.39 is 0 Å². The topological polar surface area (TPSA) is 29.9 Å². The SMILES string of the molecule is CCNC(CCc1nccn1C)c1cccc(Br)c1F. The molecule has 0 aliphatic carbocycles. The minimum Gasteiger partial charge on any atom is -0.338 e. The Morgan fingerprint density at radius 3 is 2.90 bits per heavy atom. The van der Waals surface area contributed by atoms with Crippen molar-refractivity contribution in [1.82, 2.24) is 14.9 Å². The van der Waals surface area contributed by atoms with Crippen LogP contribution >= 0.6 is 15.9 Å². The van der Waals surface area contributed by atoms with Crippen molar-refractivity contribution in [3.63, 3.8) is 0 Å². The van der Waals surface area contributed by atoms with E-state index in [1.54, 1.807) is 12.3 Å². The lowest BCUT2D eigenvalue weighted by atomic mass is 10.0. The molecular formula is C15H19BrFN3. The molecule has 2 rings (SSSR count). The minimum absolute atomic E-state index is 0.00537. The second kappa shape index (κ2) is 6.99. The first-order chi connectivity index (χ1) is 9.63. The second-order valence-electron chi connectivity index (χ2n) is 4.75. The van der Waals surface area contributed by atoms with E-state index in [1.807, 2.05) is 36.9 Å². The normalized spacial score (nSPS) is 12.6. The summed E-state index contributed by atoms with van der Waals surface area (Å²) in [5, 5.41) is 3.35. The molecule has 0 radical (unpaired) electrons. The Morgan fingerprint density at radius 2 is 2.25 bits per heavy atom. The lowest BCUT2D eigenvalue weighted by Crippen LogP contribution is -2.23. The van der Waals surface area contributed by atoms with Crippen molar-refractivity contribution < 1.29 is 4.39 Å². The van der Waals surface area contributed by atoms with Gasteiger partial charge in [-0.1, -0.05) is 19.1 Å². The smallest absolute Gasteiger partial charge is 0.142 e. The van der Waals surface area contributed by atoms with E-state index in [1.165, 1.54) is 0 Å². The van der Waals surface area contributed by atoms with Gasteiger partial charge in [0.15, 0.2) is 0 Å². The van der Waals surface area contributed by atoms with Gasteiger partial charge in [-0.15, -0.1) is 0 Å². The molecule has 0 saturated carbocycles. The van der Waals surface area contributed by atoms with E-state index in [4.69, 9.17) is 0 Å². The van der Waals surface area contributed by atoms with E-state index in [0.717, 1.165) is 25.2 Å². The number of nitrogens with one attached hydrogen (secondary N) is 1. The van der Waals surface area contributed by atoms with Crippen LogP contribution in [0.15, 0.2) is 35.1 Å². The lowest BCUT2D eigenvalue weighted by Gasteiger charge is -2.19. The van der Waals surface area contributed by atoms with Crippen molar-refractivity contribution in [2.75, 3.05) is 6.54 Å². The van der Waals surface area contributed by atoms with Crippen molar-refractivity contribution >= 4 is 15.9 Å². The van der Waals surface area contributed by atoms with Crippen molar-refractivity contribution in [3.05, 3.63) is 52.3 Å². The van der Waals surface area contributed by atoms with Crippen LogP contribution in [0.4, 0.5) is 4.39 Å². The minimum atomic E-state index is -0.182. The summed E-state index contributed by atoms with van der Waals surface area (Å²) in [5.74, 6) is 0.835. The molecule has 0 fully saturated rings. The molecule has 1 atom stereocenters. The molecule has 1 aromatic heterocycles. The first-order valence-corrected chi connectivity index (χ1v) is 7.56. The molecule has 20 heavy (non-hydrogen) atoms. The highest BCUT2D eigenvalue weighted by atomic mass is 79.9. The fourth-order valence-electron chi connectivity index (χ4n) is 2.31. The first-order valence-electron chi connectivity index (χ1n) is 6.77. The Kier molecular flexibility index (Phi) is 5.31. The average molecular weight is 340 g/mol. The summed E-state index contributed by atoms with van der Waals surface area (Å²) in [6.45, 7) is 2.83. The summed E-state index contributed by atoms with van der Waals surface area (Å²) in [6, 6.07) is 5.43. The second-order valence-corrected chi connectivity index (χ2v) is 5.60. The quantitative estimate of drug-likeness (QED) is 0.871. The fraction of sp³-hybridized carbons (Fsp3) is 0.400. The maximum atomic E-state index is 14.2. The Labute approximate surface area is 127 Å². The van der Waals surface area contributed by atoms with Crippen LogP contribution in [-0.2, 0) is 13.5 Å². The van der Waals surface area contributed by atoms with E-state index in [9.17, 15) is 4.39 Å². The van der Waals surface area contributed by atoms with Gasteiger partial charge in [-0.25, -0.2) is 9.37 Å². The maximum absolute atomic E-state index is 14.2. The molecular weight excluding hydrogens is 321 g/mol. The third-order valence-electron chi connectivity index (χ3n) is 3.38. The predicted molar refractivity (Wildman–Crippen MR) is 82.0 cm³/mol. The number of imidazole rings is 1. The number of aryl methyl sites for hydroxylation is 2. The van der Waals surface area contributed by atoms with Gasteiger partial charge in [-0.2, -0.15) is 0 Å². The number of benzene rings is 1. The van der Waals surface area contributed by atoms with Gasteiger partial charge >= 0.3 is 0 Å². The van der Waals surface area contributed by atoms with Gasteiger partial charge in [-0.3, -0.25) is 0 Å². The van der Waals surface area contributed by atoms with Crippen LogP contribution in [0, 0.1) is 5.82 Å². The van der Waals surface area contributed by atoms with Gasteiger partial charge in [0.1, 0.15) is 11.6 Å². The molecule has 1 aromatic carbocycles. The van der Waals surface area contributed by atoms with Crippen LogP contribution in [0.25, 0.3) is 0 Å². The molecule has 1 N–H and O–H groups in total. The molecule has 0 aliphatic rings. The van der Waals surface area contributed by atoms with Crippen molar-refractivity contribution in [2.24, 2.45) is 7.05 Å². The molecule has 0 bridgehead atoms. The summed E-state index contributed by atoms with van der Waals surface area (Å²) in [4.78, 5) is 4.31.